The highest BCUT2D eigenvalue weighted by atomic mass is 19.4. The summed E-state index contributed by atoms with van der Waals surface area (Å²) in [6.45, 7) is 0.515. The molecule has 0 aliphatic carbocycles. The second-order valence-electron chi connectivity index (χ2n) is 9.39. The van der Waals surface area contributed by atoms with Crippen LogP contribution in [0, 0.1) is 0 Å². The average Bonchev–Trinajstić information content (AvgIpc) is 3.64. The van der Waals surface area contributed by atoms with Crippen molar-refractivity contribution in [1.82, 2.24) is 20.6 Å². The summed E-state index contributed by atoms with van der Waals surface area (Å²) in [6.07, 6.45) is -10.4. The first kappa shape index (κ1) is 32.9. The van der Waals surface area contributed by atoms with Gasteiger partial charge in [0.2, 0.25) is 11.6 Å². The van der Waals surface area contributed by atoms with Gasteiger partial charge in [0.05, 0.1) is 6.04 Å². The molecular formula is C27H22F6N4O8. The molecule has 0 fully saturated rings. The van der Waals surface area contributed by atoms with E-state index < -0.39 is 59.3 Å². The van der Waals surface area contributed by atoms with Gasteiger partial charge in [0, 0.05) is 23.1 Å². The zero-order valence-corrected chi connectivity index (χ0v) is 22.6. The molecule has 3 heterocycles. The lowest BCUT2D eigenvalue weighted by Crippen LogP contribution is -2.43. The van der Waals surface area contributed by atoms with Crippen molar-refractivity contribution in [3.8, 4) is 40.0 Å². The van der Waals surface area contributed by atoms with Crippen LogP contribution in [0.4, 0.5) is 26.3 Å². The molecule has 2 atom stereocenters. The second-order valence-corrected chi connectivity index (χ2v) is 9.39. The third-order valence-corrected chi connectivity index (χ3v) is 6.25. The Labute approximate surface area is 248 Å². The van der Waals surface area contributed by atoms with Crippen LogP contribution in [0.5, 0.6) is 5.75 Å². The van der Waals surface area contributed by atoms with E-state index in [0.717, 1.165) is 0 Å². The van der Waals surface area contributed by atoms with Gasteiger partial charge in [-0.3, -0.25) is 4.79 Å². The molecule has 4 aromatic rings. The highest BCUT2D eigenvalue weighted by molar-refractivity contribution is 5.73. The monoisotopic (exact) mass is 644 g/mol. The van der Waals surface area contributed by atoms with Crippen LogP contribution in [0.2, 0.25) is 0 Å². The van der Waals surface area contributed by atoms with Crippen LogP contribution in [0.1, 0.15) is 30.1 Å². The predicted molar refractivity (Wildman–Crippen MR) is 138 cm³/mol. The number of rotatable bonds is 8. The lowest BCUT2D eigenvalue weighted by molar-refractivity contribution is -0.192. The first-order chi connectivity index (χ1) is 21.2. The molecule has 1 aliphatic rings. The molecule has 0 saturated heterocycles. The number of aromatic nitrogens is 3. The maximum atomic E-state index is 14.0. The number of nitrogens with zero attached hydrogens (tertiary/aromatic N) is 3. The van der Waals surface area contributed by atoms with Gasteiger partial charge < -0.3 is 34.4 Å². The molecule has 0 saturated carbocycles. The van der Waals surface area contributed by atoms with E-state index in [1.807, 2.05) is 0 Å². The number of benzene rings is 2. The number of carboxylic acid groups (broad SMARTS) is 2. The molecule has 18 heteroatoms. The van der Waals surface area contributed by atoms with Crippen LogP contribution in [0.15, 0.2) is 57.6 Å². The molecule has 1 aliphatic heterocycles. The third kappa shape index (κ3) is 7.95. The van der Waals surface area contributed by atoms with E-state index in [9.17, 15) is 36.2 Å². The largest absolute Gasteiger partial charge is 0.491 e. The lowest BCUT2D eigenvalue weighted by atomic mass is 9.97. The number of aliphatic hydroxyl groups excluding tert-OH is 1. The van der Waals surface area contributed by atoms with Crippen LogP contribution < -0.4 is 10.1 Å². The predicted octanol–water partition coefficient (Wildman–Crippen LogP) is 4.96. The fourth-order valence-electron chi connectivity index (χ4n) is 4.15. The van der Waals surface area contributed by atoms with Gasteiger partial charge in [0.15, 0.2) is 0 Å². The van der Waals surface area contributed by atoms with Gasteiger partial charge in [-0.15, -0.1) is 0 Å². The zero-order valence-electron chi connectivity index (χ0n) is 22.6. The number of halogens is 6. The van der Waals surface area contributed by atoms with Crippen LogP contribution >= 0.6 is 0 Å². The number of aliphatic hydroxyl groups is 1. The van der Waals surface area contributed by atoms with E-state index in [1.165, 1.54) is 12.1 Å². The quantitative estimate of drug-likeness (QED) is 0.150. The van der Waals surface area contributed by atoms with E-state index in [-0.39, 0.29) is 24.4 Å². The Balaban J connectivity index is 0.000000591. The highest BCUT2D eigenvalue weighted by Crippen LogP contribution is 2.43. The maximum Gasteiger partial charge on any atom is 0.490 e. The summed E-state index contributed by atoms with van der Waals surface area (Å²) in [5.41, 5.74) is -0.431. The van der Waals surface area contributed by atoms with Crippen LogP contribution in [0.3, 0.4) is 0 Å². The van der Waals surface area contributed by atoms with E-state index in [1.54, 1.807) is 36.4 Å². The number of hydrogen-bond donors (Lipinski definition) is 4. The van der Waals surface area contributed by atoms with E-state index in [0.29, 0.717) is 29.8 Å². The highest BCUT2D eigenvalue weighted by Gasteiger charge is 2.43. The summed E-state index contributed by atoms with van der Waals surface area (Å²) in [4.78, 5) is 23.6. The summed E-state index contributed by atoms with van der Waals surface area (Å²) in [6, 6.07) is 12.1. The number of hydrogen-bond acceptors (Lipinski definition) is 10. The molecule has 0 spiro atoms. The van der Waals surface area contributed by atoms with E-state index in [2.05, 4.69) is 20.6 Å². The lowest BCUT2D eigenvalue weighted by Gasteiger charge is -2.31. The molecule has 4 N–H and O–H groups in total. The van der Waals surface area contributed by atoms with Crippen molar-refractivity contribution in [2.75, 3.05) is 13.2 Å². The molecule has 45 heavy (non-hydrogen) atoms. The summed E-state index contributed by atoms with van der Waals surface area (Å²) in [5, 5.41) is 37.1. The second kappa shape index (κ2) is 13.3. The zero-order chi connectivity index (χ0) is 32.9. The molecular weight excluding hydrogens is 622 g/mol. The number of alkyl halides is 6. The standard InChI is InChI=1S/C25H21F3N4O6.C2HF3O2/c26-25(27,28)19-20(13-5-2-1-3-6-13)31-37-22(19)24-30-23(32-38-24)14-8-9-15-17(11-14)36-12-16(21(15)35)29-10-4-7-18(33)34;3-2(4,5)1(6)7/h1-3,5-6,8-9,11,16,21,29,35H,4,7,10,12H2,(H,33,34);(H,6,7)/t16-,21+;/m1./s1. The number of carbonyl (C=O) groups is 2. The minimum atomic E-state index is -5.08. The number of fused-ring (bicyclic) bond motifs is 1. The molecule has 0 bridgehead atoms. The van der Waals surface area contributed by atoms with Crippen molar-refractivity contribution in [3.63, 3.8) is 0 Å². The molecule has 240 valence electrons. The van der Waals surface area contributed by atoms with Gasteiger partial charge >= 0.3 is 24.3 Å². The Kier molecular flexibility index (Phi) is 9.77. The van der Waals surface area contributed by atoms with Crippen LogP contribution in [-0.2, 0) is 15.8 Å². The number of carboxylic acids is 2. The Morgan fingerprint density at radius 2 is 1.64 bits per heavy atom. The SMILES string of the molecule is O=C(O)C(F)(F)F.O=C(O)CCCN[C@@H]1COc2cc(-c3noc(-c4onc(-c5ccccc5)c4C(F)(F)F)n3)ccc2[C@@H]1O. The Morgan fingerprint density at radius 1 is 0.956 bits per heavy atom. The van der Waals surface area contributed by atoms with Crippen LogP contribution in [0.25, 0.3) is 34.3 Å². The van der Waals surface area contributed by atoms with E-state index in [4.69, 9.17) is 28.8 Å². The molecule has 0 unspecified atom stereocenters. The van der Waals surface area contributed by atoms with Gasteiger partial charge in [-0.25, -0.2) is 4.79 Å². The van der Waals surface area contributed by atoms with Crippen molar-refractivity contribution in [1.29, 1.82) is 0 Å². The normalized spacial score (nSPS) is 16.2. The smallest absolute Gasteiger partial charge is 0.490 e. The molecule has 2 aromatic carbocycles. The first-order valence-corrected chi connectivity index (χ1v) is 12.8. The van der Waals surface area contributed by atoms with Crippen molar-refractivity contribution in [2.45, 2.75) is 37.3 Å². The molecule has 0 amide bonds. The fourth-order valence-corrected chi connectivity index (χ4v) is 4.15. The molecule has 5 rings (SSSR count). The van der Waals surface area contributed by atoms with Gasteiger partial charge in [0.1, 0.15) is 29.7 Å². The summed E-state index contributed by atoms with van der Waals surface area (Å²) < 4.78 is 89.5. The van der Waals surface area contributed by atoms with Crippen LogP contribution in [-0.4, -0.2) is 67.9 Å². The topological polar surface area (TPSA) is 181 Å². The Morgan fingerprint density at radius 3 is 2.27 bits per heavy atom. The first-order valence-electron chi connectivity index (χ1n) is 12.8. The fraction of sp³-hybridized carbons (Fsp3) is 0.296. The summed E-state index contributed by atoms with van der Waals surface area (Å²) >= 11 is 0. The minimum Gasteiger partial charge on any atom is -0.491 e. The third-order valence-electron chi connectivity index (χ3n) is 6.25. The summed E-state index contributed by atoms with van der Waals surface area (Å²) in [5.74, 6) is -4.51. The number of nitrogens with one attached hydrogen (secondary N) is 1. The number of ether oxygens (including phenoxy) is 1. The van der Waals surface area contributed by atoms with E-state index >= 15 is 0 Å². The number of aliphatic carboxylic acids is 2. The van der Waals surface area contributed by atoms with Gasteiger partial charge in [-0.1, -0.05) is 52.8 Å². The van der Waals surface area contributed by atoms with Crippen molar-refractivity contribution in [3.05, 3.63) is 59.7 Å². The maximum absolute atomic E-state index is 14.0. The Bertz CT molecular complexity index is 1640. The van der Waals surface area contributed by atoms with Gasteiger partial charge in [0.25, 0.3) is 5.89 Å². The minimum absolute atomic E-state index is 0.00933. The van der Waals surface area contributed by atoms with Crippen molar-refractivity contribution >= 4 is 11.9 Å². The average molecular weight is 644 g/mol. The molecule has 0 radical (unpaired) electrons. The van der Waals surface area contributed by atoms with Gasteiger partial charge in [-0.2, -0.15) is 31.3 Å². The van der Waals surface area contributed by atoms with Crippen molar-refractivity contribution in [2.24, 2.45) is 0 Å². The summed E-state index contributed by atoms with van der Waals surface area (Å²) in [7, 11) is 0. The molecule has 12 nitrogen and oxygen atoms in total. The van der Waals surface area contributed by atoms with Crippen molar-refractivity contribution < 1.29 is 65.0 Å². The van der Waals surface area contributed by atoms with Gasteiger partial charge in [-0.05, 0) is 19.0 Å². The molecule has 2 aromatic heterocycles. The Hall–Kier alpha value is -4.97.